The van der Waals surface area contributed by atoms with Crippen molar-refractivity contribution in [3.05, 3.63) is 12.2 Å². The first-order valence-corrected chi connectivity index (χ1v) is 6.47. The summed E-state index contributed by atoms with van der Waals surface area (Å²) in [6, 6.07) is 0. The smallest absolute Gasteiger partial charge is 0.253 e. The lowest BCUT2D eigenvalue weighted by molar-refractivity contribution is -0.138. The standard InChI is InChI=1S/C12H17ClN2O2/c13-14-7-9-3-1-2-4-10(9)8-15-11(16)5-6-12(15)17/h5-6,9-10,14H,1-4,7-8H2. The fourth-order valence-corrected chi connectivity index (χ4v) is 2.94. The van der Waals surface area contributed by atoms with Crippen LogP contribution in [0, 0.1) is 11.8 Å². The summed E-state index contributed by atoms with van der Waals surface area (Å²) in [5.41, 5.74) is 0. The van der Waals surface area contributed by atoms with Gasteiger partial charge >= 0.3 is 0 Å². The van der Waals surface area contributed by atoms with Crippen LogP contribution in [0.15, 0.2) is 12.2 Å². The molecule has 94 valence electrons. The SMILES string of the molecule is O=C1C=CC(=O)N1CC1CCCCC1CNCl. The molecule has 1 saturated carbocycles. The van der Waals surface area contributed by atoms with E-state index in [9.17, 15) is 9.59 Å². The highest BCUT2D eigenvalue weighted by Crippen LogP contribution is 2.31. The average molecular weight is 257 g/mol. The van der Waals surface area contributed by atoms with Crippen LogP contribution >= 0.6 is 11.8 Å². The number of rotatable bonds is 4. The second-order valence-corrected chi connectivity index (χ2v) is 5.03. The van der Waals surface area contributed by atoms with Crippen LogP contribution in [0.3, 0.4) is 0 Å². The van der Waals surface area contributed by atoms with E-state index in [1.807, 2.05) is 0 Å². The van der Waals surface area contributed by atoms with Crippen LogP contribution in [-0.2, 0) is 9.59 Å². The number of carbonyl (C=O) groups excluding carboxylic acids is 2. The molecule has 4 nitrogen and oxygen atoms in total. The van der Waals surface area contributed by atoms with Gasteiger partial charge in [0.2, 0.25) is 0 Å². The monoisotopic (exact) mass is 256 g/mol. The van der Waals surface area contributed by atoms with E-state index in [4.69, 9.17) is 11.8 Å². The maximum absolute atomic E-state index is 11.5. The highest BCUT2D eigenvalue weighted by molar-refractivity contribution is 6.13. The lowest BCUT2D eigenvalue weighted by Crippen LogP contribution is -2.40. The van der Waals surface area contributed by atoms with Crippen molar-refractivity contribution in [3.63, 3.8) is 0 Å². The second kappa shape index (κ2) is 5.65. The zero-order valence-corrected chi connectivity index (χ0v) is 10.4. The molecule has 1 aliphatic carbocycles. The van der Waals surface area contributed by atoms with Crippen LogP contribution < -0.4 is 4.84 Å². The van der Waals surface area contributed by atoms with E-state index >= 15 is 0 Å². The second-order valence-electron chi connectivity index (χ2n) is 4.76. The number of nitrogens with zero attached hydrogens (tertiary/aromatic N) is 1. The Morgan fingerprint density at radius 3 is 2.35 bits per heavy atom. The van der Waals surface area contributed by atoms with Gasteiger partial charge in [0.05, 0.1) is 0 Å². The molecule has 2 rings (SSSR count). The Bertz CT molecular complexity index is 323. The van der Waals surface area contributed by atoms with Crippen molar-refractivity contribution >= 4 is 23.6 Å². The summed E-state index contributed by atoms with van der Waals surface area (Å²) in [6.45, 7) is 1.28. The minimum atomic E-state index is -0.182. The molecule has 0 aromatic rings. The molecule has 2 atom stereocenters. The van der Waals surface area contributed by atoms with Gasteiger partial charge in [0.1, 0.15) is 0 Å². The summed E-state index contributed by atoms with van der Waals surface area (Å²) >= 11 is 5.56. The number of hydrogen-bond acceptors (Lipinski definition) is 3. The predicted octanol–water partition coefficient (Wildman–Crippen LogP) is 1.46. The maximum atomic E-state index is 11.5. The number of imide groups is 1. The van der Waals surface area contributed by atoms with E-state index < -0.39 is 0 Å². The molecule has 0 spiro atoms. The molecule has 5 heteroatoms. The molecule has 2 unspecified atom stereocenters. The van der Waals surface area contributed by atoms with Crippen molar-refractivity contribution in [3.8, 4) is 0 Å². The van der Waals surface area contributed by atoms with Gasteiger partial charge in [-0.15, -0.1) is 0 Å². The van der Waals surface area contributed by atoms with Crippen molar-refractivity contribution in [2.45, 2.75) is 25.7 Å². The fraction of sp³-hybridized carbons (Fsp3) is 0.667. The van der Waals surface area contributed by atoms with E-state index in [0.29, 0.717) is 18.4 Å². The highest BCUT2D eigenvalue weighted by atomic mass is 35.5. The van der Waals surface area contributed by atoms with Gasteiger partial charge in [-0.25, -0.2) is 4.84 Å². The zero-order valence-electron chi connectivity index (χ0n) is 9.69. The summed E-state index contributed by atoms with van der Waals surface area (Å²) < 4.78 is 0. The van der Waals surface area contributed by atoms with Gasteiger partial charge in [-0.2, -0.15) is 0 Å². The number of amides is 2. The Morgan fingerprint density at radius 1 is 1.18 bits per heavy atom. The molecular formula is C12H17ClN2O2. The van der Waals surface area contributed by atoms with Gasteiger partial charge in [-0.1, -0.05) is 12.8 Å². The normalized spacial score (nSPS) is 29.1. The molecule has 0 aromatic heterocycles. The molecule has 17 heavy (non-hydrogen) atoms. The summed E-state index contributed by atoms with van der Waals surface area (Å²) in [5.74, 6) is 0.474. The zero-order chi connectivity index (χ0) is 12.3. The van der Waals surface area contributed by atoms with Gasteiger partial charge in [0.25, 0.3) is 11.8 Å². The summed E-state index contributed by atoms with van der Waals surface area (Å²) in [5, 5.41) is 0. The third-order valence-corrected chi connectivity index (χ3v) is 3.88. The van der Waals surface area contributed by atoms with E-state index in [1.165, 1.54) is 29.9 Å². The molecule has 2 aliphatic rings. The first-order valence-electron chi connectivity index (χ1n) is 6.09. The molecule has 1 aliphatic heterocycles. The topological polar surface area (TPSA) is 49.4 Å². The molecule has 1 N–H and O–H groups in total. The maximum Gasteiger partial charge on any atom is 0.253 e. The number of halogens is 1. The third-order valence-electron chi connectivity index (χ3n) is 3.72. The number of carbonyl (C=O) groups is 2. The predicted molar refractivity (Wildman–Crippen MR) is 65.2 cm³/mol. The Kier molecular flexibility index (Phi) is 4.18. The quantitative estimate of drug-likeness (QED) is 0.612. The average Bonchev–Trinajstić information content (AvgIpc) is 2.64. The van der Waals surface area contributed by atoms with Crippen LogP contribution in [0.25, 0.3) is 0 Å². The van der Waals surface area contributed by atoms with E-state index in [0.717, 1.165) is 19.4 Å². The Labute approximate surface area is 106 Å². The van der Waals surface area contributed by atoms with Gasteiger partial charge in [-0.3, -0.25) is 14.5 Å². The minimum absolute atomic E-state index is 0.182. The van der Waals surface area contributed by atoms with E-state index in [-0.39, 0.29) is 11.8 Å². The molecule has 1 heterocycles. The molecule has 0 radical (unpaired) electrons. The third kappa shape index (κ3) is 2.87. The van der Waals surface area contributed by atoms with E-state index in [1.54, 1.807) is 0 Å². The Hall–Kier alpha value is -0.870. The molecule has 1 fully saturated rings. The van der Waals surface area contributed by atoms with Crippen LogP contribution in [0.1, 0.15) is 25.7 Å². The summed E-state index contributed by atoms with van der Waals surface area (Å²) in [6.07, 6.45) is 7.27. The van der Waals surface area contributed by atoms with Gasteiger partial charge in [0.15, 0.2) is 0 Å². The molecule has 2 amide bonds. The first kappa shape index (κ1) is 12.6. The van der Waals surface area contributed by atoms with Crippen molar-refractivity contribution in [1.29, 1.82) is 0 Å². The van der Waals surface area contributed by atoms with Gasteiger partial charge < -0.3 is 0 Å². The lowest BCUT2D eigenvalue weighted by Gasteiger charge is -2.33. The van der Waals surface area contributed by atoms with Crippen LogP contribution in [-0.4, -0.2) is 29.8 Å². The Balaban J connectivity index is 1.96. The molecule has 0 bridgehead atoms. The highest BCUT2D eigenvalue weighted by Gasteiger charge is 2.31. The Morgan fingerprint density at radius 2 is 1.76 bits per heavy atom. The first-order chi connectivity index (χ1) is 8.22. The van der Waals surface area contributed by atoms with Gasteiger partial charge in [-0.05, 0) is 36.5 Å². The van der Waals surface area contributed by atoms with Crippen molar-refractivity contribution in [1.82, 2.24) is 9.74 Å². The van der Waals surface area contributed by atoms with Crippen molar-refractivity contribution in [2.75, 3.05) is 13.1 Å². The lowest BCUT2D eigenvalue weighted by atomic mass is 9.79. The number of hydrogen-bond donors (Lipinski definition) is 1. The van der Waals surface area contributed by atoms with Crippen LogP contribution in [0.2, 0.25) is 0 Å². The largest absolute Gasteiger partial charge is 0.275 e. The van der Waals surface area contributed by atoms with E-state index in [2.05, 4.69) is 4.84 Å². The molecule has 0 saturated heterocycles. The summed E-state index contributed by atoms with van der Waals surface area (Å²) in [7, 11) is 0. The van der Waals surface area contributed by atoms with Crippen LogP contribution in [0.4, 0.5) is 0 Å². The van der Waals surface area contributed by atoms with Crippen molar-refractivity contribution in [2.24, 2.45) is 11.8 Å². The minimum Gasteiger partial charge on any atom is -0.275 e. The molecular weight excluding hydrogens is 240 g/mol. The van der Waals surface area contributed by atoms with Gasteiger partial charge in [0, 0.05) is 25.2 Å². The molecule has 0 aromatic carbocycles. The van der Waals surface area contributed by atoms with Crippen LogP contribution in [0.5, 0.6) is 0 Å². The van der Waals surface area contributed by atoms with Crippen molar-refractivity contribution < 1.29 is 9.59 Å². The fourth-order valence-electron chi connectivity index (χ4n) is 2.74. The number of nitrogens with one attached hydrogen (secondary N) is 1. The summed E-state index contributed by atoms with van der Waals surface area (Å²) in [4.78, 5) is 27.0.